The normalized spacial score (nSPS) is 12.6. The van der Waals surface area contributed by atoms with Gasteiger partial charge in [-0.15, -0.1) is 0 Å². The Labute approximate surface area is 161 Å². The maximum atomic E-state index is 3.23. The fourth-order valence-electron chi connectivity index (χ4n) is 3.80. The highest BCUT2D eigenvalue weighted by molar-refractivity contribution is 4.56. The van der Waals surface area contributed by atoms with Gasteiger partial charge in [0, 0.05) is 0 Å². The molecule has 1 unspecified atom stereocenters. The van der Waals surface area contributed by atoms with Gasteiger partial charge in [0.15, 0.2) is 0 Å². The van der Waals surface area contributed by atoms with Crippen molar-refractivity contribution in [3.05, 3.63) is 0 Å². The first-order chi connectivity index (χ1) is 12.3. The monoisotopic (exact) mass is 353 g/mol. The SMILES string of the molecule is CCCCCCCCCC(C)CCCCCCCCCCCCNC. The van der Waals surface area contributed by atoms with Gasteiger partial charge in [-0.1, -0.05) is 129 Å². The first kappa shape index (κ1) is 25.0. The minimum Gasteiger partial charge on any atom is -0.320 e. The van der Waals surface area contributed by atoms with Crippen molar-refractivity contribution in [1.29, 1.82) is 0 Å². The van der Waals surface area contributed by atoms with Gasteiger partial charge in [0.05, 0.1) is 0 Å². The van der Waals surface area contributed by atoms with Crippen molar-refractivity contribution in [3.8, 4) is 0 Å². The Kier molecular flexibility index (Phi) is 22.0. The molecule has 1 atom stereocenters. The molecular weight excluding hydrogens is 302 g/mol. The Morgan fingerprint density at radius 3 is 1.28 bits per heavy atom. The molecule has 0 saturated heterocycles. The highest BCUT2D eigenvalue weighted by Gasteiger charge is 2.02. The summed E-state index contributed by atoms with van der Waals surface area (Å²) in [6, 6.07) is 0. The zero-order valence-corrected chi connectivity index (χ0v) is 18.2. The summed E-state index contributed by atoms with van der Waals surface area (Å²) in [6.45, 7) is 5.97. The molecule has 0 aliphatic heterocycles. The van der Waals surface area contributed by atoms with E-state index in [1.54, 1.807) is 0 Å². The highest BCUT2D eigenvalue weighted by Crippen LogP contribution is 2.19. The molecule has 0 aliphatic carbocycles. The molecule has 25 heavy (non-hydrogen) atoms. The molecular formula is C24H51N. The van der Waals surface area contributed by atoms with Crippen molar-refractivity contribution in [3.63, 3.8) is 0 Å². The molecule has 0 aromatic carbocycles. The van der Waals surface area contributed by atoms with Crippen LogP contribution in [0, 0.1) is 5.92 Å². The van der Waals surface area contributed by atoms with Crippen LogP contribution in [0.5, 0.6) is 0 Å². The van der Waals surface area contributed by atoms with Crippen LogP contribution in [0.15, 0.2) is 0 Å². The summed E-state index contributed by atoms with van der Waals surface area (Å²) < 4.78 is 0. The highest BCUT2D eigenvalue weighted by atomic mass is 14.8. The van der Waals surface area contributed by atoms with Crippen molar-refractivity contribution >= 4 is 0 Å². The predicted molar refractivity (Wildman–Crippen MR) is 116 cm³/mol. The lowest BCUT2D eigenvalue weighted by Crippen LogP contribution is -2.06. The van der Waals surface area contributed by atoms with E-state index in [9.17, 15) is 0 Å². The Balaban J connectivity index is 3.11. The van der Waals surface area contributed by atoms with Gasteiger partial charge in [0.25, 0.3) is 0 Å². The van der Waals surface area contributed by atoms with Crippen molar-refractivity contribution in [2.45, 2.75) is 136 Å². The van der Waals surface area contributed by atoms with E-state index in [1.165, 1.54) is 129 Å². The number of nitrogens with one attached hydrogen (secondary N) is 1. The summed E-state index contributed by atoms with van der Waals surface area (Å²) in [7, 11) is 2.05. The fraction of sp³-hybridized carbons (Fsp3) is 1.00. The number of unbranched alkanes of at least 4 members (excludes halogenated alkanes) is 15. The summed E-state index contributed by atoms with van der Waals surface area (Å²) in [6.07, 6.45) is 27.6. The van der Waals surface area contributed by atoms with Crippen molar-refractivity contribution in [2.24, 2.45) is 5.92 Å². The largest absolute Gasteiger partial charge is 0.320 e. The fourth-order valence-corrected chi connectivity index (χ4v) is 3.80. The van der Waals surface area contributed by atoms with Gasteiger partial charge in [-0.25, -0.2) is 0 Å². The molecule has 0 heterocycles. The maximum absolute atomic E-state index is 3.23. The summed E-state index contributed by atoms with van der Waals surface area (Å²) in [4.78, 5) is 0. The Morgan fingerprint density at radius 1 is 0.520 bits per heavy atom. The van der Waals surface area contributed by atoms with Crippen LogP contribution in [0.2, 0.25) is 0 Å². The smallest absolute Gasteiger partial charge is 0.00519 e. The molecule has 0 spiro atoms. The van der Waals surface area contributed by atoms with E-state index >= 15 is 0 Å². The number of hydrogen-bond acceptors (Lipinski definition) is 1. The second-order valence-corrected chi connectivity index (χ2v) is 8.44. The second kappa shape index (κ2) is 22.0. The standard InChI is InChI=1S/C24H51N/c1-4-5-6-7-12-15-18-21-24(2)22-19-16-13-10-8-9-11-14-17-20-23-25-3/h24-25H,4-23H2,1-3H3. The lowest BCUT2D eigenvalue weighted by atomic mass is 9.96. The van der Waals surface area contributed by atoms with Crippen LogP contribution in [-0.2, 0) is 0 Å². The van der Waals surface area contributed by atoms with Gasteiger partial charge in [-0.2, -0.15) is 0 Å². The van der Waals surface area contributed by atoms with Crippen LogP contribution in [0.3, 0.4) is 0 Å². The van der Waals surface area contributed by atoms with E-state index in [-0.39, 0.29) is 0 Å². The minimum absolute atomic E-state index is 0.966. The molecule has 0 fully saturated rings. The molecule has 0 aromatic rings. The topological polar surface area (TPSA) is 12.0 Å². The molecule has 152 valence electrons. The zero-order valence-electron chi connectivity index (χ0n) is 18.2. The van der Waals surface area contributed by atoms with Crippen molar-refractivity contribution in [2.75, 3.05) is 13.6 Å². The molecule has 0 rings (SSSR count). The van der Waals surface area contributed by atoms with E-state index in [0.29, 0.717) is 0 Å². The third kappa shape index (κ3) is 21.9. The van der Waals surface area contributed by atoms with Gasteiger partial charge >= 0.3 is 0 Å². The van der Waals surface area contributed by atoms with Gasteiger partial charge in [0.1, 0.15) is 0 Å². The summed E-state index contributed by atoms with van der Waals surface area (Å²) in [5, 5.41) is 3.23. The van der Waals surface area contributed by atoms with Gasteiger partial charge < -0.3 is 5.32 Å². The quantitative estimate of drug-likeness (QED) is 0.205. The van der Waals surface area contributed by atoms with Crippen LogP contribution in [-0.4, -0.2) is 13.6 Å². The van der Waals surface area contributed by atoms with Gasteiger partial charge in [-0.05, 0) is 25.9 Å². The number of hydrogen-bond donors (Lipinski definition) is 1. The van der Waals surface area contributed by atoms with Crippen LogP contribution in [0.1, 0.15) is 136 Å². The Bertz CT molecular complexity index is 226. The van der Waals surface area contributed by atoms with E-state index in [4.69, 9.17) is 0 Å². The van der Waals surface area contributed by atoms with E-state index < -0.39 is 0 Å². The van der Waals surface area contributed by atoms with Crippen molar-refractivity contribution in [1.82, 2.24) is 5.32 Å². The zero-order chi connectivity index (χ0) is 18.4. The maximum Gasteiger partial charge on any atom is -0.00519 e. The van der Waals surface area contributed by atoms with E-state index in [1.807, 2.05) is 0 Å². The van der Waals surface area contributed by atoms with Gasteiger partial charge in [0.2, 0.25) is 0 Å². The third-order valence-corrected chi connectivity index (χ3v) is 5.67. The lowest BCUT2D eigenvalue weighted by Gasteiger charge is -2.11. The molecule has 1 heteroatoms. The molecule has 1 N–H and O–H groups in total. The second-order valence-electron chi connectivity index (χ2n) is 8.44. The average molecular weight is 354 g/mol. The van der Waals surface area contributed by atoms with Crippen LogP contribution >= 0.6 is 0 Å². The molecule has 1 nitrogen and oxygen atoms in total. The Morgan fingerprint density at radius 2 is 0.880 bits per heavy atom. The lowest BCUT2D eigenvalue weighted by molar-refractivity contribution is 0.430. The first-order valence-corrected chi connectivity index (χ1v) is 12.0. The average Bonchev–Trinajstić information content (AvgIpc) is 2.62. The molecule has 0 saturated carbocycles. The summed E-state index contributed by atoms with van der Waals surface area (Å²) in [5.41, 5.74) is 0. The van der Waals surface area contributed by atoms with Crippen LogP contribution in [0.4, 0.5) is 0 Å². The van der Waals surface area contributed by atoms with Gasteiger partial charge in [-0.3, -0.25) is 0 Å². The first-order valence-electron chi connectivity index (χ1n) is 12.0. The van der Waals surface area contributed by atoms with Crippen LogP contribution in [0.25, 0.3) is 0 Å². The molecule has 0 radical (unpaired) electrons. The third-order valence-electron chi connectivity index (χ3n) is 5.67. The molecule has 0 aliphatic rings. The summed E-state index contributed by atoms with van der Waals surface area (Å²) in [5.74, 6) is 0.966. The van der Waals surface area contributed by atoms with E-state index in [0.717, 1.165) is 5.92 Å². The molecule has 0 amide bonds. The van der Waals surface area contributed by atoms with Crippen LogP contribution < -0.4 is 5.32 Å². The molecule has 0 aromatic heterocycles. The Hall–Kier alpha value is -0.0400. The number of rotatable bonds is 21. The van der Waals surface area contributed by atoms with E-state index in [2.05, 4.69) is 26.2 Å². The minimum atomic E-state index is 0.966. The van der Waals surface area contributed by atoms with Crippen molar-refractivity contribution < 1.29 is 0 Å². The molecule has 0 bridgehead atoms. The summed E-state index contributed by atoms with van der Waals surface area (Å²) >= 11 is 0. The predicted octanol–water partition coefficient (Wildman–Crippen LogP) is 8.27.